The maximum atomic E-state index is 6.56. The summed E-state index contributed by atoms with van der Waals surface area (Å²) in [6.07, 6.45) is 0. The Hall–Kier alpha value is -6.65. The number of para-hydroxylation sites is 1. The summed E-state index contributed by atoms with van der Waals surface area (Å²) in [5.41, 5.74) is 11.2. The fraction of sp³-hybridized carbons (Fsp3) is 0. The Bertz CT molecular complexity index is 2520. The summed E-state index contributed by atoms with van der Waals surface area (Å²) < 4.78 is 6.56. The van der Waals surface area contributed by atoms with Crippen LogP contribution in [0.1, 0.15) is 0 Å². The summed E-state index contributed by atoms with van der Waals surface area (Å²) in [5.74, 6) is 1.88. The molecule has 0 unspecified atom stereocenters. The number of fused-ring (bicyclic) bond motifs is 3. The van der Waals surface area contributed by atoms with Gasteiger partial charge in [-0.2, -0.15) is 0 Å². The van der Waals surface area contributed by atoms with E-state index in [2.05, 4.69) is 97.1 Å². The van der Waals surface area contributed by atoms with Crippen molar-refractivity contribution in [1.82, 2.24) is 15.0 Å². The number of nitrogens with zero attached hydrogens (tertiary/aromatic N) is 3. The molecule has 2 heterocycles. The van der Waals surface area contributed by atoms with Crippen molar-refractivity contribution in [2.24, 2.45) is 0 Å². The molecule has 0 fully saturated rings. The zero-order valence-corrected chi connectivity index (χ0v) is 26.5. The molecule has 9 rings (SSSR count). The highest BCUT2D eigenvalue weighted by Crippen LogP contribution is 2.40. The van der Waals surface area contributed by atoms with Gasteiger partial charge >= 0.3 is 0 Å². The van der Waals surface area contributed by atoms with E-state index in [0.29, 0.717) is 17.5 Å². The maximum Gasteiger partial charge on any atom is 0.164 e. The molecule has 0 radical (unpaired) electrons. The van der Waals surface area contributed by atoms with Crippen molar-refractivity contribution in [2.45, 2.75) is 0 Å². The summed E-state index contributed by atoms with van der Waals surface area (Å²) in [6.45, 7) is 0. The second-order valence-electron chi connectivity index (χ2n) is 12.1. The topological polar surface area (TPSA) is 51.8 Å². The minimum Gasteiger partial charge on any atom is -0.455 e. The predicted molar refractivity (Wildman–Crippen MR) is 200 cm³/mol. The number of rotatable bonds is 6. The second-order valence-corrected chi connectivity index (χ2v) is 12.1. The molecule has 49 heavy (non-hydrogen) atoms. The van der Waals surface area contributed by atoms with Gasteiger partial charge in [0.05, 0.1) is 0 Å². The zero-order valence-electron chi connectivity index (χ0n) is 26.5. The van der Waals surface area contributed by atoms with Crippen LogP contribution in [0.25, 0.3) is 89.5 Å². The molecule has 0 spiro atoms. The summed E-state index contributed by atoms with van der Waals surface area (Å²) in [4.78, 5) is 14.8. The van der Waals surface area contributed by atoms with E-state index in [-0.39, 0.29) is 0 Å². The van der Waals surface area contributed by atoms with Crippen molar-refractivity contribution in [3.8, 4) is 67.5 Å². The average molecular weight is 628 g/mol. The Morgan fingerprint density at radius 2 is 0.776 bits per heavy atom. The molecule has 0 atom stereocenters. The molecular formula is C45H29N3O. The average Bonchev–Trinajstić information content (AvgIpc) is 3.57. The van der Waals surface area contributed by atoms with E-state index >= 15 is 0 Å². The van der Waals surface area contributed by atoms with Gasteiger partial charge in [-0.3, -0.25) is 0 Å². The van der Waals surface area contributed by atoms with Crippen molar-refractivity contribution >= 4 is 21.9 Å². The normalized spacial score (nSPS) is 11.3. The van der Waals surface area contributed by atoms with Crippen LogP contribution in [0.2, 0.25) is 0 Å². The minimum atomic E-state index is 0.614. The fourth-order valence-electron chi connectivity index (χ4n) is 6.46. The van der Waals surface area contributed by atoms with Crippen LogP contribution in [0, 0.1) is 0 Å². The molecule has 4 nitrogen and oxygen atoms in total. The first kappa shape index (κ1) is 28.6. The molecule has 9 aromatic rings. The van der Waals surface area contributed by atoms with Gasteiger partial charge in [-0.15, -0.1) is 0 Å². The highest BCUT2D eigenvalue weighted by atomic mass is 16.3. The van der Waals surface area contributed by atoms with Crippen molar-refractivity contribution in [2.75, 3.05) is 0 Å². The third kappa shape index (κ3) is 5.45. The first-order valence-electron chi connectivity index (χ1n) is 16.4. The van der Waals surface area contributed by atoms with E-state index in [9.17, 15) is 0 Å². The van der Waals surface area contributed by atoms with Crippen LogP contribution in [0.4, 0.5) is 0 Å². The number of furan rings is 1. The molecule has 0 aliphatic heterocycles. The molecule has 0 aliphatic rings. The SMILES string of the molecule is c1ccc(-c2ccc(-c3cc(-c4cccc(-c5nc(-c6ccccc6)nc(-c6ccccc6)n5)c4)c4oc5ccccc5c4c3)cc2)cc1. The highest BCUT2D eigenvalue weighted by molar-refractivity contribution is 6.11. The lowest BCUT2D eigenvalue weighted by Crippen LogP contribution is -2.00. The second kappa shape index (κ2) is 12.2. The maximum absolute atomic E-state index is 6.56. The molecule has 4 heteroatoms. The largest absolute Gasteiger partial charge is 0.455 e. The van der Waals surface area contributed by atoms with E-state index in [1.807, 2.05) is 78.9 Å². The summed E-state index contributed by atoms with van der Waals surface area (Å²) >= 11 is 0. The number of hydrogen-bond acceptors (Lipinski definition) is 4. The monoisotopic (exact) mass is 627 g/mol. The van der Waals surface area contributed by atoms with Gasteiger partial charge in [0.1, 0.15) is 11.2 Å². The lowest BCUT2D eigenvalue weighted by Gasteiger charge is -2.11. The Morgan fingerprint density at radius 1 is 0.306 bits per heavy atom. The molecule has 0 saturated carbocycles. The van der Waals surface area contributed by atoms with Gasteiger partial charge in [0.25, 0.3) is 0 Å². The van der Waals surface area contributed by atoms with Crippen LogP contribution in [-0.4, -0.2) is 15.0 Å². The first-order chi connectivity index (χ1) is 24.3. The van der Waals surface area contributed by atoms with Crippen molar-refractivity contribution in [3.63, 3.8) is 0 Å². The van der Waals surface area contributed by atoms with E-state index in [0.717, 1.165) is 60.9 Å². The lowest BCUT2D eigenvalue weighted by molar-refractivity contribution is 0.670. The van der Waals surface area contributed by atoms with E-state index < -0.39 is 0 Å². The summed E-state index contributed by atoms with van der Waals surface area (Å²) in [5, 5.41) is 2.17. The molecule has 0 N–H and O–H groups in total. The van der Waals surface area contributed by atoms with Gasteiger partial charge in [0, 0.05) is 33.0 Å². The van der Waals surface area contributed by atoms with Gasteiger partial charge in [0.2, 0.25) is 0 Å². The Kier molecular flexibility index (Phi) is 7.10. The molecule has 2 aromatic heterocycles. The summed E-state index contributed by atoms with van der Waals surface area (Å²) in [6, 6.07) is 60.5. The zero-order chi connectivity index (χ0) is 32.6. The van der Waals surface area contributed by atoms with Crippen LogP contribution in [0.5, 0.6) is 0 Å². The van der Waals surface area contributed by atoms with E-state index in [1.54, 1.807) is 0 Å². The van der Waals surface area contributed by atoms with Gasteiger partial charge in [-0.25, -0.2) is 15.0 Å². The lowest BCUT2D eigenvalue weighted by atomic mass is 9.94. The number of hydrogen-bond donors (Lipinski definition) is 0. The number of aromatic nitrogens is 3. The molecule has 230 valence electrons. The van der Waals surface area contributed by atoms with Crippen molar-refractivity contribution < 1.29 is 4.42 Å². The van der Waals surface area contributed by atoms with Gasteiger partial charge in [-0.1, -0.05) is 152 Å². The highest BCUT2D eigenvalue weighted by Gasteiger charge is 2.17. The number of benzene rings is 7. The van der Waals surface area contributed by atoms with Gasteiger partial charge in [0.15, 0.2) is 17.5 Å². The van der Waals surface area contributed by atoms with Gasteiger partial charge < -0.3 is 4.42 Å². The minimum absolute atomic E-state index is 0.614. The van der Waals surface area contributed by atoms with Crippen LogP contribution >= 0.6 is 0 Å². The smallest absolute Gasteiger partial charge is 0.164 e. The van der Waals surface area contributed by atoms with Crippen LogP contribution in [0.15, 0.2) is 180 Å². The molecule has 0 aliphatic carbocycles. The predicted octanol–water partition coefficient (Wildman–Crippen LogP) is 11.8. The van der Waals surface area contributed by atoms with Gasteiger partial charge in [-0.05, 0) is 52.1 Å². The van der Waals surface area contributed by atoms with Crippen LogP contribution in [0.3, 0.4) is 0 Å². The Balaban J connectivity index is 1.20. The molecule has 0 bridgehead atoms. The third-order valence-electron chi connectivity index (χ3n) is 8.93. The van der Waals surface area contributed by atoms with Crippen molar-refractivity contribution in [3.05, 3.63) is 176 Å². The molecule has 0 amide bonds. The molecule has 7 aromatic carbocycles. The standard InChI is InChI=1S/C45H29N3O/c1-4-13-30(14-5-1)31-23-25-32(26-24-31)37-28-39(42-40(29-37)38-21-10-11-22-41(38)49-42)35-19-12-20-36(27-35)45-47-43(33-15-6-2-7-16-33)46-44(48-45)34-17-8-3-9-18-34/h1-29H. The Labute approximate surface area is 284 Å². The van der Waals surface area contributed by atoms with Crippen molar-refractivity contribution in [1.29, 1.82) is 0 Å². The molecule has 0 saturated heterocycles. The summed E-state index contributed by atoms with van der Waals surface area (Å²) in [7, 11) is 0. The van der Waals surface area contributed by atoms with E-state index in [4.69, 9.17) is 19.4 Å². The van der Waals surface area contributed by atoms with Crippen LogP contribution < -0.4 is 0 Å². The van der Waals surface area contributed by atoms with Crippen LogP contribution in [-0.2, 0) is 0 Å². The Morgan fingerprint density at radius 3 is 1.41 bits per heavy atom. The first-order valence-corrected chi connectivity index (χ1v) is 16.4. The molecular weight excluding hydrogens is 599 g/mol. The fourth-order valence-corrected chi connectivity index (χ4v) is 6.46. The third-order valence-corrected chi connectivity index (χ3v) is 8.93. The quantitative estimate of drug-likeness (QED) is 0.184. The van der Waals surface area contributed by atoms with E-state index in [1.165, 1.54) is 11.1 Å².